The number of carbonyl (C=O) groups excluding carboxylic acids is 1. The number of hydrogen-bond acceptors (Lipinski definition) is 1. The van der Waals surface area contributed by atoms with Gasteiger partial charge in [0.05, 0.1) is 5.41 Å². The summed E-state index contributed by atoms with van der Waals surface area (Å²) in [6.07, 6.45) is 6.68. The minimum atomic E-state index is -0.521. The molecule has 23 heavy (non-hydrogen) atoms. The van der Waals surface area contributed by atoms with Crippen molar-refractivity contribution in [3.63, 3.8) is 0 Å². The molecular formula is C21H19ClO. The van der Waals surface area contributed by atoms with E-state index in [1.807, 2.05) is 62.4 Å². The number of ketones is 1. The van der Waals surface area contributed by atoms with E-state index in [-0.39, 0.29) is 5.78 Å². The first-order valence-electron chi connectivity index (χ1n) is 7.76. The van der Waals surface area contributed by atoms with Crippen LogP contribution in [0.25, 0.3) is 12.2 Å². The molecule has 116 valence electrons. The fourth-order valence-electron chi connectivity index (χ4n) is 3.22. The van der Waals surface area contributed by atoms with Crippen LogP contribution in [0.4, 0.5) is 0 Å². The van der Waals surface area contributed by atoms with E-state index in [2.05, 4.69) is 18.2 Å². The van der Waals surface area contributed by atoms with E-state index in [0.717, 1.165) is 27.3 Å². The van der Waals surface area contributed by atoms with Crippen LogP contribution in [0.5, 0.6) is 0 Å². The van der Waals surface area contributed by atoms with Crippen LogP contribution in [0.3, 0.4) is 0 Å². The molecule has 0 spiro atoms. The summed E-state index contributed by atoms with van der Waals surface area (Å²) in [5.74, 6) is 0.194. The first-order valence-corrected chi connectivity index (χ1v) is 8.14. The Balaban J connectivity index is 1.93. The van der Waals surface area contributed by atoms with E-state index in [9.17, 15) is 4.79 Å². The van der Waals surface area contributed by atoms with Gasteiger partial charge >= 0.3 is 0 Å². The Bertz CT molecular complexity index is 816. The van der Waals surface area contributed by atoms with Gasteiger partial charge in [-0.2, -0.15) is 0 Å². The van der Waals surface area contributed by atoms with Gasteiger partial charge in [-0.15, -0.1) is 0 Å². The zero-order chi connectivity index (χ0) is 16.4. The number of halogens is 1. The third-order valence-electron chi connectivity index (χ3n) is 4.52. The van der Waals surface area contributed by atoms with Gasteiger partial charge in [0.25, 0.3) is 0 Å². The first kappa shape index (κ1) is 15.8. The van der Waals surface area contributed by atoms with Crippen LogP contribution >= 0.6 is 11.6 Å². The zero-order valence-electron chi connectivity index (χ0n) is 13.3. The van der Waals surface area contributed by atoms with Gasteiger partial charge in [-0.05, 0) is 54.7 Å². The van der Waals surface area contributed by atoms with Crippen molar-refractivity contribution in [1.82, 2.24) is 0 Å². The molecule has 0 saturated carbocycles. The Hall–Kier alpha value is -2.12. The Kier molecular flexibility index (Phi) is 4.23. The second kappa shape index (κ2) is 6.17. The molecule has 2 heteroatoms. The fraction of sp³-hybridized carbons (Fsp3) is 0.190. The summed E-state index contributed by atoms with van der Waals surface area (Å²) in [6.45, 7) is 3.93. The molecule has 3 rings (SSSR count). The quantitative estimate of drug-likeness (QED) is 0.709. The summed E-state index contributed by atoms with van der Waals surface area (Å²) in [5.41, 5.74) is 3.50. The summed E-state index contributed by atoms with van der Waals surface area (Å²) < 4.78 is 0. The van der Waals surface area contributed by atoms with Crippen LogP contribution in [0.15, 0.2) is 60.2 Å². The standard InChI is InChI=1S/C21H19ClO/c1-15-14-17-9-3-5-11-18(17)21(2,20(15)23)13-7-10-16-8-4-6-12-19(16)22/h3-12,14H,13H2,1-2H3/b10-7+/t21-/m1/s1. The van der Waals surface area contributed by atoms with Crippen molar-refractivity contribution >= 4 is 29.5 Å². The van der Waals surface area contributed by atoms with Crippen molar-refractivity contribution < 1.29 is 4.79 Å². The van der Waals surface area contributed by atoms with E-state index < -0.39 is 5.41 Å². The minimum Gasteiger partial charge on any atom is -0.294 e. The van der Waals surface area contributed by atoms with E-state index >= 15 is 0 Å². The lowest BCUT2D eigenvalue weighted by Gasteiger charge is -2.33. The van der Waals surface area contributed by atoms with Gasteiger partial charge < -0.3 is 0 Å². The summed E-state index contributed by atoms with van der Waals surface area (Å²) >= 11 is 6.19. The van der Waals surface area contributed by atoms with Gasteiger partial charge in [-0.3, -0.25) is 4.79 Å². The van der Waals surface area contributed by atoms with Gasteiger partial charge in [0.2, 0.25) is 0 Å². The largest absolute Gasteiger partial charge is 0.294 e. The van der Waals surface area contributed by atoms with E-state index in [1.54, 1.807) is 0 Å². The summed E-state index contributed by atoms with van der Waals surface area (Å²) in [7, 11) is 0. The van der Waals surface area contributed by atoms with Crippen LogP contribution in [0.2, 0.25) is 5.02 Å². The third kappa shape index (κ3) is 2.89. The van der Waals surface area contributed by atoms with Crippen LogP contribution < -0.4 is 0 Å². The number of Topliss-reactive ketones (excluding diaryl/α,β-unsaturated/α-hetero) is 1. The SMILES string of the molecule is CC1=Cc2ccccc2[C@@](C)(C/C=C/c2ccccc2Cl)C1=O. The normalized spacial score (nSPS) is 20.5. The first-order chi connectivity index (χ1) is 11.0. The molecule has 0 bridgehead atoms. The second-order valence-corrected chi connectivity index (χ2v) is 6.61. The number of allylic oxidation sites excluding steroid dienone is 2. The minimum absolute atomic E-state index is 0.194. The Morgan fingerprint density at radius 1 is 1.09 bits per heavy atom. The van der Waals surface area contributed by atoms with E-state index in [0.29, 0.717) is 6.42 Å². The van der Waals surface area contributed by atoms with Crippen LogP contribution in [0, 0.1) is 0 Å². The number of fused-ring (bicyclic) bond motifs is 1. The molecular weight excluding hydrogens is 304 g/mol. The van der Waals surface area contributed by atoms with Crippen molar-refractivity contribution in [2.45, 2.75) is 25.7 Å². The lowest BCUT2D eigenvalue weighted by Crippen LogP contribution is -2.35. The van der Waals surface area contributed by atoms with E-state index in [4.69, 9.17) is 11.6 Å². The van der Waals surface area contributed by atoms with Crippen LogP contribution in [0.1, 0.15) is 37.0 Å². The van der Waals surface area contributed by atoms with Gasteiger partial charge in [0.15, 0.2) is 5.78 Å². The third-order valence-corrected chi connectivity index (χ3v) is 4.86. The maximum atomic E-state index is 12.8. The monoisotopic (exact) mass is 322 g/mol. The number of benzene rings is 2. The highest BCUT2D eigenvalue weighted by Crippen LogP contribution is 2.39. The summed E-state index contributed by atoms with van der Waals surface area (Å²) in [4.78, 5) is 12.8. The predicted octanol–water partition coefficient (Wildman–Crippen LogP) is 5.69. The smallest absolute Gasteiger partial charge is 0.169 e. The highest BCUT2D eigenvalue weighted by Gasteiger charge is 2.38. The lowest BCUT2D eigenvalue weighted by molar-refractivity contribution is -0.120. The average Bonchev–Trinajstić information content (AvgIpc) is 2.55. The molecule has 0 saturated heterocycles. The second-order valence-electron chi connectivity index (χ2n) is 6.20. The molecule has 2 aromatic carbocycles. The molecule has 0 fully saturated rings. The average molecular weight is 323 g/mol. The molecule has 0 radical (unpaired) electrons. The van der Waals surface area contributed by atoms with Crippen molar-refractivity contribution in [1.29, 1.82) is 0 Å². The topological polar surface area (TPSA) is 17.1 Å². The zero-order valence-corrected chi connectivity index (χ0v) is 14.1. The molecule has 1 nitrogen and oxygen atoms in total. The Morgan fingerprint density at radius 2 is 1.78 bits per heavy atom. The Morgan fingerprint density at radius 3 is 2.57 bits per heavy atom. The molecule has 0 N–H and O–H groups in total. The van der Waals surface area contributed by atoms with Crippen LogP contribution in [-0.4, -0.2) is 5.78 Å². The highest BCUT2D eigenvalue weighted by molar-refractivity contribution is 6.32. The van der Waals surface area contributed by atoms with Crippen LogP contribution in [-0.2, 0) is 10.2 Å². The van der Waals surface area contributed by atoms with Gasteiger partial charge in [0.1, 0.15) is 0 Å². The van der Waals surface area contributed by atoms with Crippen molar-refractivity contribution in [3.8, 4) is 0 Å². The molecule has 0 amide bonds. The fourth-order valence-corrected chi connectivity index (χ4v) is 3.41. The maximum absolute atomic E-state index is 12.8. The molecule has 1 atom stereocenters. The Labute approximate surface area is 142 Å². The number of hydrogen-bond donors (Lipinski definition) is 0. The van der Waals surface area contributed by atoms with Gasteiger partial charge in [0, 0.05) is 5.02 Å². The number of carbonyl (C=O) groups is 1. The van der Waals surface area contributed by atoms with Crippen molar-refractivity contribution in [2.75, 3.05) is 0 Å². The molecule has 0 heterocycles. The maximum Gasteiger partial charge on any atom is 0.169 e. The molecule has 0 aliphatic heterocycles. The summed E-state index contributed by atoms with van der Waals surface area (Å²) in [6, 6.07) is 15.9. The highest BCUT2D eigenvalue weighted by atomic mass is 35.5. The molecule has 0 aromatic heterocycles. The predicted molar refractivity (Wildman–Crippen MR) is 97.6 cm³/mol. The number of rotatable bonds is 3. The van der Waals surface area contributed by atoms with E-state index in [1.165, 1.54) is 0 Å². The molecule has 1 aliphatic carbocycles. The molecule has 1 aliphatic rings. The van der Waals surface area contributed by atoms with Gasteiger partial charge in [-0.25, -0.2) is 0 Å². The summed E-state index contributed by atoms with van der Waals surface area (Å²) in [5, 5.41) is 0.723. The molecule has 2 aromatic rings. The van der Waals surface area contributed by atoms with Crippen molar-refractivity contribution in [2.24, 2.45) is 0 Å². The molecule has 0 unspecified atom stereocenters. The van der Waals surface area contributed by atoms with Gasteiger partial charge in [-0.1, -0.05) is 66.2 Å². The van der Waals surface area contributed by atoms with Crippen molar-refractivity contribution in [3.05, 3.63) is 81.9 Å². The lowest BCUT2D eigenvalue weighted by atomic mass is 9.69.